The van der Waals surface area contributed by atoms with Crippen molar-refractivity contribution in [3.8, 4) is 0 Å². The smallest absolute Gasteiger partial charge is 0.254 e. The Bertz CT molecular complexity index is 362. The summed E-state index contributed by atoms with van der Waals surface area (Å²) in [5.41, 5.74) is 0.0674. The van der Waals surface area contributed by atoms with Gasteiger partial charge in [-0.25, -0.2) is 9.37 Å². The van der Waals surface area contributed by atoms with E-state index in [9.17, 15) is 9.18 Å². The summed E-state index contributed by atoms with van der Waals surface area (Å²) in [7, 11) is 0. The minimum Gasteiger partial charge on any atom is -0.351 e. The van der Waals surface area contributed by atoms with E-state index in [-0.39, 0.29) is 10.7 Å². The number of amides is 1. The van der Waals surface area contributed by atoms with Crippen molar-refractivity contribution in [3.63, 3.8) is 0 Å². The fourth-order valence-electron chi connectivity index (χ4n) is 0.944. The Kier molecular flexibility index (Phi) is 4.84. The molecule has 0 aliphatic carbocycles. The van der Waals surface area contributed by atoms with Crippen LogP contribution in [0, 0.1) is 5.82 Å². The largest absolute Gasteiger partial charge is 0.351 e. The molecule has 3 nitrogen and oxygen atoms in total. The Labute approximate surface area is 96.4 Å². The van der Waals surface area contributed by atoms with Crippen molar-refractivity contribution in [2.24, 2.45) is 0 Å². The van der Waals surface area contributed by atoms with Crippen molar-refractivity contribution >= 4 is 29.3 Å². The molecule has 0 fully saturated rings. The van der Waals surface area contributed by atoms with E-state index in [1.807, 2.05) is 6.26 Å². The normalized spacial score (nSPS) is 10.1. The number of hydrogen-bond donors (Lipinski definition) is 1. The van der Waals surface area contributed by atoms with Gasteiger partial charge in [-0.3, -0.25) is 4.79 Å². The van der Waals surface area contributed by atoms with E-state index in [0.29, 0.717) is 6.54 Å². The number of nitrogens with zero attached hydrogens (tertiary/aromatic N) is 1. The zero-order valence-corrected chi connectivity index (χ0v) is 9.66. The molecule has 1 amide bonds. The van der Waals surface area contributed by atoms with Crippen molar-refractivity contribution in [1.82, 2.24) is 10.3 Å². The number of hydrogen-bond acceptors (Lipinski definition) is 3. The molecule has 0 aliphatic heterocycles. The second-order valence-corrected chi connectivity index (χ2v) is 4.08. The summed E-state index contributed by atoms with van der Waals surface area (Å²) in [5.74, 6) is -0.179. The van der Waals surface area contributed by atoms with Gasteiger partial charge in [-0.05, 0) is 12.3 Å². The summed E-state index contributed by atoms with van der Waals surface area (Å²) in [4.78, 5) is 15.0. The van der Waals surface area contributed by atoms with Crippen LogP contribution in [0.15, 0.2) is 12.3 Å². The Hall–Kier alpha value is -0.810. The molecule has 0 unspecified atom stereocenters. The summed E-state index contributed by atoms with van der Waals surface area (Å²) < 4.78 is 12.8. The number of carbonyl (C=O) groups excluding carboxylic acids is 1. The van der Waals surface area contributed by atoms with Crippen molar-refractivity contribution in [2.75, 3.05) is 18.6 Å². The Morgan fingerprint density at radius 3 is 3.13 bits per heavy atom. The average molecular weight is 249 g/mol. The minimum atomic E-state index is -0.575. The fraction of sp³-hybridized carbons (Fsp3) is 0.333. The highest BCUT2D eigenvalue weighted by Crippen LogP contribution is 2.13. The van der Waals surface area contributed by atoms with Crippen molar-refractivity contribution in [1.29, 1.82) is 0 Å². The molecule has 0 atom stereocenters. The second-order valence-electron chi connectivity index (χ2n) is 2.74. The van der Waals surface area contributed by atoms with E-state index in [1.165, 1.54) is 0 Å². The molecule has 0 spiro atoms. The van der Waals surface area contributed by atoms with Crippen molar-refractivity contribution < 1.29 is 9.18 Å². The van der Waals surface area contributed by atoms with Crippen LogP contribution in [0.25, 0.3) is 0 Å². The lowest BCUT2D eigenvalue weighted by atomic mass is 10.2. The van der Waals surface area contributed by atoms with Crippen LogP contribution >= 0.6 is 23.4 Å². The quantitative estimate of drug-likeness (QED) is 0.654. The van der Waals surface area contributed by atoms with Crippen LogP contribution in [0.5, 0.6) is 0 Å². The van der Waals surface area contributed by atoms with Gasteiger partial charge in [-0.1, -0.05) is 11.6 Å². The van der Waals surface area contributed by atoms with Crippen LogP contribution in [0.1, 0.15) is 10.4 Å². The summed E-state index contributed by atoms with van der Waals surface area (Å²) in [6, 6.07) is 1.07. The Balaban J connectivity index is 2.68. The van der Waals surface area contributed by atoms with Crippen LogP contribution in [0.4, 0.5) is 4.39 Å². The average Bonchev–Trinajstić information content (AvgIpc) is 2.22. The van der Waals surface area contributed by atoms with Gasteiger partial charge >= 0.3 is 0 Å². The highest BCUT2D eigenvalue weighted by Gasteiger charge is 2.11. The maximum atomic E-state index is 12.8. The lowest BCUT2D eigenvalue weighted by Gasteiger charge is -2.05. The number of carbonyl (C=O) groups is 1. The van der Waals surface area contributed by atoms with Crippen LogP contribution in [-0.4, -0.2) is 29.4 Å². The van der Waals surface area contributed by atoms with Gasteiger partial charge in [-0.2, -0.15) is 11.8 Å². The van der Waals surface area contributed by atoms with Crippen LogP contribution < -0.4 is 5.32 Å². The zero-order valence-electron chi connectivity index (χ0n) is 8.09. The van der Waals surface area contributed by atoms with E-state index < -0.39 is 11.7 Å². The highest BCUT2D eigenvalue weighted by atomic mass is 35.5. The van der Waals surface area contributed by atoms with Gasteiger partial charge in [-0.15, -0.1) is 0 Å². The summed E-state index contributed by atoms with van der Waals surface area (Å²) in [6.07, 6.45) is 2.91. The number of aromatic nitrogens is 1. The first-order valence-corrected chi connectivity index (χ1v) is 6.00. The van der Waals surface area contributed by atoms with Gasteiger partial charge in [0.2, 0.25) is 0 Å². The van der Waals surface area contributed by atoms with E-state index in [0.717, 1.165) is 18.0 Å². The van der Waals surface area contributed by atoms with E-state index in [1.54, 1.807) is 11.8 Å². The molecule has 1 aromatic heterocycles. The van der Waals surface area contributed by atoms with Crippen molar-refractivity contribution in [2.45, 2.75) is 0 Å². The molecule has 82 valence electrons. The monoisotopic (exact) mass is 248 g/mol. The number of halogens is 2. The fourth-order valence-corrected chi connectivity index (χ4v) is 1.44. The van der Waals surface area contributed by atoms with Gasteiger partial charge in [0.1, 0.15) is 11.0 Å². The minimum absolute atomic E-state index is 0.0121. The summed E-state index contributed by atoms with van der Waals surface area (Å²) in [5, 5.41) is 2.63. The standard InChI is InChI=1S/C9H10ClFN2OS/c1-15-3-2-12-9(14)7-4-6(11)5-13-8(7)10/h4-5H,2-3H2,1H3,(H,12,14). The zero-order chi connectivity index (χ0) is 11.3. The van der Waals surface area contributed by atoms with E-state index in [2.05, 4.69) is 10.3 Å². The Morgan fingerprint density at radius 1 is 1.73 bits per heavy atom. The van der Waals surface area contributed by atoms with Gasteiger partial charge < -0.3 is 5.32 Å². The van der Waals surface area contributed by atoms with Crippen LogP contribution in [0.2, 0.25) is 5.15 Å². The third kappa shape index (κ3) is 3.68. The van der Waals surface area contributed by atoms with Crippen molar-refractivity contribution in [3.05, 3.63) is 28.8 Å². The second kappa shape index (κ2) is 5.92. The van der Waals surface area contributed by atoms with Crippen LogP contribution in [-0.2, 0) is 0 Å². The van der Waals surface area contributed by atoms with Gasteiger partial charge in [0.15, 0.2) is 0 Å². The molecule has 1 rings (SSSR count). The molecule has 0 aromatic carbocycles. The van der Waals surface area contributed by atoms with Crippen LogP contribution in [0.3, 0.4) is 0 Å². The Morgan fingerprint density at radius 2 is 2.47 bits per heavy atom. The molecule has 15 heavy (non-hydrogen) atoms. The van der Waals surface area contributed by atoms with Gasteiger partial charge in [0, 0.05) is 12.3 Å². The van der Waals surface area contributed by atoms with E-state index in [4.69, 9.17) is 11.6 Å². The lowest BCUT2D eigenvalue weighted by molar-refractivity contribution is 0.0955. The molecule has 0 bridgehead atoms. The maximum absolute atomic E-state index is 12.8. The molecular weight excluding hydrogens is 239 g/mol. The number of nitrogens with one attached hydrogen (secondary N) is 1. The molecular formula is C9H10ClFN2OS. The first-order chi connectivity index (χ1) is 7.15. The molecule has 6 heteroatoms. The summed E-state index contributed by atoms with van der Waals surface area (Å²) in [6.45, 7) is 0.521. The third-order valence-electron chi connectivity index (χ3n) is 1.64. The topological polar surface area (TPSA) is 42.0 Å². The SMILES string of the molecule is CSCCNC(=O)c1cc(F)cnc1Cl. The molecule has 1 aromatic rings. The highest BCUT2D eigenvalue weighted by molar-refractivity contribution is 7.98. The van der Waals surface area contributed by atoms with E-state index >= 15 is 0 Å². The molecule has 1 heterocycles. The summed E-state index contributed by atoms with van der Waals surface area (Å²) >= 11 is 7.27. The van der Waals surface area contributed by atoms with Gasteiger partial charge in [0.05, 0.1) is 11.8 Å². The maximum Gasteiger partial charge on any atom is 0.254 e. The molecule has 0 aliphatic rings. The predicted molar refractivity (Wildman–Crippen MR) is 59.9 cm³/mol. The first-order valence-electron chi connectivity index (χ1n) is 4.23. The number of pyridine rings is 1. The third-order valence-corrected chi connectivity index (χ3v) is 2.56. The van der Waals surface area contributed by atoms with Gasteiger partial charge in [0.25, 0.3) is 5.91 Å². The number of thioether (sulfide) groups is 1. The number of rotatable bonds is 4. The lowest BCUT2D eigenvalue weighted by Crippen LogP contribution is -2.26. The molecule has 0 saturated carbocycles. The molecule has 1 N–H and O–H groups in total. The molecule has 0 saturated heterocycles. The predicted octanol–water partition coefficient (Wildman–Crippen LogP) is 1.97. The molecule has 0 radical (unpaired) electrons. The first kappa shape index (κ1) is 12.3.